The van der Waals surface area contributed by atoms with Gasteiger partial charge in [0.1, 0.15) is 5.75 Å². The van der Waals surface area contributed by atoms with Crippen LogP contribution < -0.4 is 10.9 Å². The Morgan fingerprint density at radius 2 is 1.78 bits per heavy atom. The van der Waals surface area contributed by atoms with Gasteiger partial charge in [0.2, 0.25) is 5.91 Å². The minimum Gasteiger partial charge on any atom is -0.494 e. The van der Waals surface area contributed by atoms with Gasteiger partial charge in [-0.3, -0.25) is 9.32 Å². The highest BCUT2D eigenvalue weighted by Crippen LogP contribution is 2.35. The van der Waals surface area contributed by atoms with E-state index < -0.39 is 7.82 Å². The van der Waals surface area contributed by atoms with E-state index in [9.17, 15) is 9.36 Å². The Morgan fingerprint density at radius 3 is 2.44 bits per heavy atom. The molecule has 11 heteroatoms. The lowest BCUT2D eigenvalue weighted by Crippen LogP contribution is -2.33. The van der Waals surface area contributed by atoms with Crippen LogP contribution in [0.3, 0.4) is 0 Å². The first-order valence-corrected chi connectivity index (χ1v) is 14.8. The molecule has 0 atom stereocenters. The van der Waals surface area contributed by atoms with Crippen LogP contribution in [0.2, 0.25) is 0 Å². The number of aromatic nitrogens is 1. The summed E-state index contributed by atoms with van der Waals surface area (Å²) in [5.41, 5.74) is 1.01. The molecule has 2 rings (SSSR count). The van der Waals surface area contributed by atoms with Crippen molar-refractivity contribution in [3.05, 3.63) is 47.0 Å². The molecule has 0 saturated carbocycles. The van der Waals surface area contributed by atoms with E-state index in [0.717, 1.165) is 22.6 Å². The van der Waals surface area contributed by atoms with Crippen molar-refractivity contribution in [1.29, 1.82) is 0 Å². The van der Waals surface area contributed by atoms with Gasteiger partial charge in [-0.15, -0.1) is 0 Å². The lowest BCUT2D eigenvalue weighted by atomic mass is 10.1. The maximum atomic E-state index is 12.9. The van der Waals surface area contributed by atoms with E-state index in [4.69, 9.17) is 14.5 Å². The molecule has 1 aromatic carbocycles. The zero-order valence-electron chi connectivity index (χ0n) is 21.3. The average molecular weight is 544 g/mol. The second-order valence-corrected chi connectivity index (χ2v) is 10.7. The number of unbranched alkanes of at least 4 members (excludes halogenated alkanes) is 7. The summed E-state index contributed by atoms with van der Waals surface area (Å²) in [5, 5.41) is 0. The number of carbonyl (C=O) groups is 1. The highest BCUT2D eigenvalue weighted by atomic mass is 32.1. The van der Waals surface area contributed by atoms with Gasteiger partial charge in [0.05, 0.1) is 19.8 Å². The number of phosphoric ester groups is 1. The van der Waals surface area contributed by atoms with Crippen LogP contribution in [0.25, 0.3) is 0 Å². The number of benzene rings is 1. The summed E-state index contributed by atoms with van der Waals surface area (Å²) in [7, 11) is -4.58. The molecule has 0 radical (unpaired) electrons. The second kappa shape index (κ2) is 18.4. The normalized spacial score (nSPS) is 11.2. The van der Waals surface area contributed by atoms with Gasteiger partial charge in [-0.25, -0.2) is 8.94 Å². The van der Waals surface area contributed by atoms with Crippen molar-refractivity contribution in [3.8, 4) is 5.75 Å². The van der Waals surface area contributed by atoms with Crippen molar-refractivity contribution < 1.29 is 28.4 Å². The molecule has 0 fully saturated rings. The predicted molar refractivity (Wildman–Crippen MR) is 143 cm³/mol. The van der Waals surface area contributed by atoms with Crippen molar-refractivity contribution in [2.24, 2.45) is 0 Å². The fourth-order valence-corrected chi connectivity index (χ4v) is 4.61. The zero-order valence-corrected chi connectivity index (χ0v) is 23.1. The van der Waals surface area contributed by atoms with Crippen LogP contribution >= 0.6 is 19.4 Å². The Balaban J connectivity index is 0.00000648. The van der Waals surface area contributed by atoms with E-state index in [1.165, 1.54) is 56.5 Å². The molecule has 0 aliphatic carbocycles. The summed E-state index contributed by atoms with van der Waals surface area (Å²) in [6, 6.07) is 9.64. The van der Waals surface area contributed by atoms with Crippen LogP contribution in [-0.4, -0.2) is 44.7 Å². The maximum absolute atomic E-state index is 12.9. The molecule has 1 heterocycles. The molecule has 36 heavy (non-hydrogen) atoms. The molecule has 0 spiro atoms. The molecular weight excluding hydrogens is 501 g/mol. The van der Waals surface area contributed by atoms with Gasteiger partial charge in [-0.2, -0.15) is 0 Å². The fraction of sp³-hybridized carbons (Fsp3) is 0.600. The van der Waals surface area contributed by atoms with Gasteiger partial charge in [0.15, 0.2) is 0 Å². The van der Waals surface area contributed by atoms with Crippen molar-refractivity contribution >= 4 is 25.3 Å². The number of carbonyl (C=O) groups excluding carboxylic acids is 1. The summed E-state index contributed by atoms with van der Waals surface area (Å²) >= 11 is 1.29. The van der Waals surface area contributed by atoms with Crippen molar-refractivity contribution in [3.63, 3.8) is 0 Å². The first-order chi connectivity index (χ1) is 16.9. The highest BCUT2D eigenvalue weighted by molar-refractivity contribution is 7.46. The molecule has 0 aliphatic rings. The Hall–Kier alpha value is -1.81. The molecule has 5 N–H and O–H groups in total. The molecule has 2 aromatic rings. The Bertz CT molecular complexity index is 894. The van der Waals surface area contributed by atoms with Crippen molar-refractivity contribution in [2.45, 2.75) is 77.7 Å². The largest absolute Gasteiger partial charge is 0.494 e. The lowest BCUT2D eigenvalue weighted by molar-refractivity contribution is -0.132. The van der Waals surface area contributed by atoms with Crippen LogP contribution in [0.5, 0.6) is 5.75 Å². The molecule has 0 saturated heterocycles. The fourth-order valence-electron chi connectivity index (χ4n) is 3.70. The summed E-state index contributed by atoms with van der Waals surface area (Å²) < 4.78 is 25.5. The van der Waals surface area contributed by atoms with Gasteiger partial charge in [0, 0.05) is 24.0 Å². The SMILES string of the molecule is CCCCCCCCCCOc1cccc(CCC(=O)N(CCOP(=O)(O)O)Cc2ccns2)c1.N. The molecule has 0 bridgehead atoms. The number of hydrogen-bond acceptors (Lipinski definition) is 7. The van der Waals surface area contributed by atoms with E-state index in [1.54, 1.807) is 11.1 Å². The second-order valence-electron chi connectivity index (χ2n) is 8.59. The molecule has 1 amide bonds. The molecular formula is C25H42N3O6PS. The summed E-state index contributed by atoms with van der Waals surface area (Å²) in [5.74, 6) is 0.701. The third-order valence-electron chi connectivity index (χ3n) is 5.60. The Morgan fingerprint density at radius 1 is 1.06 bits per heavy atom. The molecule has 0 aliphatic heterocycles. The molecule has 204 valence electrons. The number of rotatable bonds is 19. The first-order valence-electron chi connectivity index (χ1n) is 12.5. The van der Waals surface area contributed by atoms with Gasteiger partial charge >= 0.3 is 7.82 Å². The summed E-state index contributed by atoms with van der Waals surface area (Å²) in [6.07, 6.45) is 12.5. The van der Waals surface area contributed by atoms with Gasteiger partial charge < -0.3 is 25.6 Å². The summed E-state index contributed by atoms with van der Waals surface area (Å²) in [4.78, 5) is 33.1. The van der Waals surface area contributed by atoms with Crippen LogP contribution in [0.4, 0.5) is 0 Å². The monoisotopic (exact) mass is 543 g/mol. The van der Waals surface area contributed by atoms with Gasteiger partial charge in [0.25, 0.3) is 0 Å². The number of phosphoric acid groups is 1. The lowest BCUT2D eigenvalue weighted by Gasteiger charge is -2.22. The summed E-state index contributed by atoms with van der Waals surface area (Å²) in [6.45, 7) is 3.10. The molecule has 9 nitrogen and oxygen atoms in total. The van der Waals surface area contributed by atoms with Crippen LogP contribution in [0.1, 0.15) is 75.2 Å². The van der Waals surface area contributed by atoms with Crippen LogP contribution in [0.15, 0.2) is 36.5 Å². The minimum absolute atomic E-state index is 0. The zero-order chi connectivity index (χ0) is 25.4. The van der Waals surface area contributed by atoms with Gasteiger partial charge in [-0.05, 0) is 48.1 Å². The first kappa shape index (κ1) is 32.2. The van der Waals surface area contributed by atoms with E-state index in [1.807, 2.05) is 30.3 Å². The number of ether oxygens (including phenoxy) is 1. The number of aryl methyl sites for hydroxylation is 1. The number of hydrogen-bond donors (Lipinski definition) is 3. The minimum atomic E-state index is -4.58. The average Bonchev–Trinajstić information content (AvgIpc) is 3.33. The number of amides is 1. The van der Waals surface area contributed by atoms with E-state index in [0.29, 0.717) is 19.6 Å². The topological polar surface area (TPSA) is 144 Å². The van der Waals surface area contributed by atoms with Crippen molar-refractivity contribution in [2.75, 3.05) is 19.8 Å². The van der Waals surface area contributed by atoms with Crippen molar-refractivity contribution in [1.82, 2.24) is 15.4 Å². The van der Waals surface area contributed by atoms with E-state index >= 15 is 0 Å². The Kier molecular flexibility index (Phi) is 16.5. The van der Waals surface area contributed by atoms with Crippen LogP contribution in [-0.2, 0) is 26.8 Å². The Labute approximate surface area is 219 Å². The van der Waals surface area contributed by atoms with E-state index in [-0.39, 0.29) is 31.6 Å². The maximum Gasteiger partial charge on any atom is 0.469 e. The predicted octanol–water partition coefficient (Wildman–Crippen LogP) is 5.90. The molecule has 1 aromatic heterocycles. The standard InChI is InChI=1S/C25H39N2O6PS.H3N/c1-2-3-4-5-6-7-8-9-18-32-23-12-10-11-22(20-23)13-14-25(28)27(17-19-33-34(29,30)31)21-24-15-16-26-35-24;/h10-12,15-16,20H,2-9,13-14,17-19,21H2,1H3,(H2,29,30,31);1H3. The smallest absolute Gasteiger partial charge is 0.469 e. The third-order valence-corrected chi connectivity index (χ3v) is 6.85. The van der Waals surface area contributed by atoms with E-state index in [2.05, 4.69) is 15.8 Å². The van der Waals surface area contributed by atoms with Gasteiger partial charge in [-0.1, -0.05) is 64.0 Å². The van der Waals surface area contributed by atoms with Crippen LogP contribution in [0, 0.1) is 0 Å². The third kappa shape index (κ3) is 14.7. The number of nitrogens with zero attached hydrogens (tertiary/aromatic N) is 2. The molecule has 0 unspecified atom stereocenters. The highest BCUT2D eigenvalue weighted by Gasteiger charge is 2.18. The quantitative estimate of drug-likeness (QED) is 0.147.